The van der Waals surface area contributed by atoms with Crippen LogP contribution in [-0.2, 0) is 14.3 Å². The van der Waals surface area contributed by atoms with Crippen LogP contribution in [0.25, 0.3) is 0 Å². The van der Waals surface area contributed by atoms with E-state index >= 15 is 0 Å². The Balaban J connectivity index is 2.06. The lowest BCUT2D eigenvalue weighted by Crippen LogP contribution is -2.31. The first-order valence-corrected chi connectivity index (χ1v) is 6.37. The summed E-state index contributed by atoms with van der Waals surface area (Å²) < 4.78 is 10.9. The van der Waals surface area contributed by atoms with E-state index in [2.05, 4.69) is 0 Å². The molecule has 0 saturated carbocycles. The first-order chi connectivity index (χ1) is 8.24. The van der Waals surface area contributed by atoms with Gasteiger partial charge in [-0.2, -0.15) is 0 Å². The molecule has 0 aromatic carbocycles. The number of nitrogens with zero attached hydrogens (tertiary/aromatic N) is 1. The van der Waals surface area contributed by atoms with Crippen LogP contribution in [0.4, 0.5) is 0 Å². The average molecular weight is 244 g/mol. The molecule has 0 unspecified atom stereocenters. The number of rotatable bonds is 7. The van der Waals surface area contributed by atoms with E-state index < -0.39 is 0 Å². The molecule has 2 N–H and O–H groups in total. The van der Waals surface area contributed by atoms with Gasteiger partial charge in [0.1, 0.15) is 0 Å². The van der Waals surface area contributed by atoms with Gasteiger partial charge >= 0.3 is 0 Å². The van der Waals surface area contributed by atoms with Gasteiger partial charge in [-0.25, -0.2) is 0 Å². The molecule has 0 radical (unpaired) electrons. The minimum Gasteiger partial charge on any atom is -0.381 e. The van der Waals surface area contributed by atoms with Crippen molar-refractivity contribution in [3.8, 4) is 0 Å². The van der Waals surface area contributed by atoms with Crippen LogP contribution in [-0.4, -0.2) is 56.9 Å². The Bertz CT molecular complexity index is 218. The van der Waals surface area contributed by atoms with Gasteiger partial charge in [0.25, 0.3) is 0 Å². The van der Waals surface area contributed by atoms with E-state index in [1.54, 1.807) is 4.90 Å². The van der Waals surface area contributed by atoms with Crippen molar-refractivity contribution in [3.63, 3.8) is 0 Å². The third-order valence-electron chi connectivity index (χ3n) is 2.96. The summed E-state index contributed by atoms with van der Waals surface area (Å²) in [7, 11) is 1.81. The minimum atomic E-state index is 0.130. The fraction of sp³-hybridized carbons (Fsp3) is 0.917. The van der Waals surface area contributed by atoms with Gasteiger partial charge in [-0.1, -0.05) is 0 Å². The molecule has 0 atom stereocenters. The van der Waals surface area contributed by atoms with E-state index in [0.29, 0.717) is 19.6 Å². The van der Waals surface area contributed by atoms with Crippen molar-refractivity contribution in [1.29, 1.82) is 0 Å². The maximum Gasteiger partial charge on any atom is 0.224 e. The van der Waals surface area contributed by atoms with Crippen molar-refractivity contribution in [3.05, 3.63) is 0 Å². The van der Waals surface area contributed by atoms with Crippen molar-refractivity contribution in [1.82, 2.24) is 4.90 Å². The number of nitrogens with two attached hydrogens (primary N) is 1. The Morgan fingerprint density at radius 1 is 1.47 bits per heavy atom. The summed E-state index contributed by atoms with van der Waals surface area (Å²) in [5.41, 5.74) is 5.40. The molecule has 5 heteroatoms. The standard InChI is InChI=1S/C12H24N2O3/c1-14(7-2-6-13)12(15)5-10-17-11-3-8-16-9-4-11/h11H,2-10,13H2,1H3. The van der Waals surface area contributed by atoms with Gasteiger partial charge in [-0.3, -0.25) is 4.79 Å². The molecule has 0 bridgehead atoms. The summed E-state index contributed by atoms with van der Waals surface area (Å²) >= 11 is 0. The second-order valence-corrected chi connectivity index (χ2v) is 4.39. The van der Waals surface area contributed by atoms with E-state index in [-0.39, 0.29) is 12.0 Å². The number of hydrogen-bond donors (Lipinski definition) is 1. The third-order valence-corrected chi connectivity index (χ3v) is 2.96. The van der Waals surface area contributed by atoms with Crippen LogP contribution >= 0.6 is 0 Å². The predicted octanol–water partition coefficient (Wildman–Crippen LogP) is 0.379. The molecular weight excluding hydrogens is 220 g/mol. The summed E-state index contributed by atoms with van der Waals surface area (Å²) in [6.07, 6.45) is 3.46. The molecule has 1 aliphatic rings. The summed E-state index contributed by atoms with van der Waals surface area (Å²) in [4.78, 5) is 13.4. The molecule has 1 heterocycles. The molecule has 1 rings (SSSR count). The molecule has 0 spiro atoms. The van der Waals surface area contributed by atoms with Gasteiger partial charge in [0, 0.05) is 26.8 Å². The highest BCUT2D eigenvalue weighted by Gasteiger charge is 2.15. The molecule has 1 fully saturated rings. The van der Waals surface area contributed by atoms with Crippen molar-refractivity contribution in [2.75, 3.05) is 40.0 Å². The fourth-order valence-corrected chi connectivity index (χ4v) is 1.80. The zero-order chi connectivity index (χ0) is 12.5. The quantitative estimate of drug-likeness (QED) is 0.703. The van der Waals surface area contributed by atoms with Gasteiger partial charge in [-0.05, 0) is 25.8 Å². The van der Waals surface area contributed by atoms with Gasteiger partial charge in [0.05, 0.1) is 19.1 Å². The number of ether oxygens (including phenoxy) is 2. The van der Waals surface area contributed by atoms with Crippen LogP contribution < -0.4 is 5.73 Å². The van der Waals surface area contributed by atoms with Crippen LogP contribution in [0.5, 0.6) is 0 Å². The van der Waals surface area contributed by atoms with Gasteiger partial charge in [-0.15, -0.1) is 0 Å². The third kappa shape index (κ3) is 6.00. The smallest absolute Gasteiger partial charge is 0.224 e. The number of carbonyl (C=O) groups excluding carboxylic acids is 1. The highest BCUT2D eigenvalue weighted by atomic mass is 16.5. The summed E-state index contributed by atoms with van der Waals surface area (Å²) in [6.45, 7) is 3.41. The maximum atomic E-state index is 11.7. The van der Waals surface area contributed by atoms with Crippen molar-refractivity contribution in [2.24, 2.45) is 5.73 Å². The Hall–Kier alpha value is -0.650. The molecule has 100 valence electrons. The lowest BCUT2D eigenvalue weighted by Gasteiger charge is -2.23. The van der Waals surface area contributed by atoms with Gasteiger partial charge in [0.15, 0.2) is 0 Å². The summed E-state index contributed by atoms with van der Waals surface area (Å²) in [5.74, 6) is 0.130. The van der Waals surface area contributed by atoms with Crippen molar-refractivity contribution in [2.45, 2.75) is 31.8 Å². The van der Waals surface area contributed by atoms with E-state index in [0.717, 1.165) is 39.0 Å². The first-order valence-electron chi connectivity index (χ1n) is 6.37. The zero-order valence-electron chi connectivity index (χ0n) is 10.7. The second kappa shape index (κ2) is 8.44. The van der Waals surface area contributed by atoms with Crippen LogP contribution in [0.1, 0.15) is 25.7 Å². The highest BCUT2D eigenvalue weighted by Crippen LogP contribution is 2.10. The van der Waals surface area contributed by atoms with Crippen molar-refractivity contribution >= 4 is 5.91 Å². The number of hydrogen-bond acceptors (Lipinski definition) is 4. The van der Waals surface area contributed by atoms with Crippen LogP contribution in [0, 0.1) is 0 Å². The van der Waals surface area contributed by atoms with E-state index in [1.165, 1.54) is 0 Å². The lowest BCUT2D eigenvalue weighted by atomic mass is 10.1. The maximum absolute atomic E-state index is 11.7. The lowest BCUT2D eigenvalue weighted by molar-refractivity contribution is -0.132. The molecular formula is C12H24N2O3. The predicted molar refractivity (Wildman–Crippen MR) is 65.7 cm³/mol. The molecule has 0 aliphatic carbocycles. The second-order valence-electron chi connectivity index (χ2n) is 4.39. The van der Waals surface area contributed by atoms with E-state index in [4.69, 9.17) is 15.2 Å². The Labute approximate surface area is 103 Å². The van der Waals surface area contributed by atoms with Crippen LogP contribution in [0.2, 0.25) is 0 Å². The SMILES string of the molecule is CN(CCCN)C(=O)CCOC1CCOCC1. The van der Waals surface area contributed by atoms with Crippen molar-refractivity contribution < 1.29 is 14.3 Å². The monoisotopic (exact) mass is 244 g/mol. The molecule has 0 aromatic heterocycles. The molecule has 1 amide bonds. The minimum absolute atomic E-state index is 0.130. The van der Waals surface area contributed by atoms with Gasteiger partial charge < -0.3 is 20.1 Å². The number of carbonyl (C=O) groups is 1. The van der Waals surface area contributed by atoms with Crippen LogP contribution in [0.3, 0.4) is 0 Å². The first kappa shape index (κ1) is 14.4. The molecule has 0 aromatic rings. The molecule has 1 saturated heterocycles. The Morgan fingerprint density at radius 2 is 2.18 bits per heavy atom. The normalized spacial score (nSPS) is 17.1. The van der Waals surface area contributed by atoms with E-state index in [1.807, 2.05) is 7.05 Å². The highest BCUT2D eigenvalue weighted by molar-refractivity contribution is 5.75. The number of amides is 1. The van der Waals surface area contributed by atoms with Crippen LogP contribution in [0.15, 0.2) is 0 Å². The topological polar surface area (TPSA) is 64.8 Å². The molecule has 1 aliphatic heterocycles. The zero-order valence-corrected chi connectivity index (χ0v) is 10.7. The van der Waals surface area contributed by atoms with Gasteiger partial charge in [0.2, 0.25) is 5.91 Å². The average Bonchev–Trinajstić information content (AvgIpc) is 2.37. The largest absolute Gasteiger partial charge is 0.381 e. The summed E-state index contributed by atoms with van der Waals surface area (Å²) in [6, 6.07) is 0. The fourth-order valence-electron chi connectivity index (χ4n) is 1.80. The van der Waals surface area contributed by atoms with E-state index in [9.17, 15) is 4.79 Å². The molecule has 17 heavy (non-hydrogen) atoms. The summed E-state index contributed by atoms with van der Waals surface area (Å²) in [5, 5.41) is 0. The Kier molecular flexibility index (Phi) is 7.16. The molecule has 5 nitrogen and oxygen atoms in total. The Morgan fingerprint density at radius 3 is 2.82 bits per heavy atom.